The first-order chi connectivity index (χ1) is 8.47. The fourth-order valence-corrected chi connectivity index (χ4v) is 1.24. The molecule has 0 aliphatic heterocycles. The molecular weight excluding hydrogens is 254 g/mol. The summed E-state index contributed by atoms with van der Waals surface area (Å²) in [6.45, 7) is 3.69. The van der Waals surface area contributed by atoms with E-state index in [0.717, 1.165) is 5.69 Å². The number of hydrazone groups is 1. The number of carbonyl (C=O) groups excluding carboxylic acids is 1. The number of nitrogens with two attached hydrogens (primary N) is 1. The highest BCUT2D eigenvalue weighted by atomic mass is 35.5. The number of anilines is 1. The number of amides is 2. The molecule has 0 aromatic heterocycles. The first-order valence-corrected chi connectivity index (χ1v) is 5.77. The minimum absolute atomic E-state index is 0.0330. The Morgan fingerprint density at radius 1 is 1.33 bits per heavy atom. The quantitative estimate of drug-likeness (QED) is 0.382. The van der Waals surface area contributed by atoms with Crippen LogP contribution < -0.4 is 21.8 Å². The van der Waals surface area contributed by atoms with Gasteiger partial charge >= 0.3 is 6.03 Å². The van der Waals surface area contributed by atoms with E-state index in [0.29, 0.717) is 5.02 Å². The lowest BCUT2D eigenvalue weighted by atomic mass is 10.3. The summed E-state index contributed by atoms with van der Waals surface area (Å²) in [5.41, 5.74) is 8.58. The molecule has 5 N–H and O–H groups in total. The lowest BCUT2D eigenvalue weighted by Gasteiger charge is -2.08. The van der Waals surface area contributed by atoms with Crippen molar-refractivity contribution in [1.29, 1.82) is 0 Å². The largest absolute Gasteiger partial charge is 0.368 e. The average Bonchev–Trinajstić information content (AvgIpc) is 2.29. The van der Waals surface area contributed by atoms with Crippen LogP contribution in [0.4, 0.5) is 10.5 Å². The third-order valence-corrected chi connectivity index (χ3v) is 2.07. The van der Waals surface area contributed by atoms with Gasteiger partial charge in [-0.15, -0.1) is 5.10 Å². The number of nitrogens with zero attached hydrogens (tertiary/aromatic N) is 1. The molecule has 98 valence electrons. The van der Waals surface area contributed by atoms with Gasteiger partial charge in [-0.1, -0.05) is 11.6 Å². The van der Waals surface area contributed by atoms with E-state index in [1.807, 2.05) is 13.8 Å². The zero-order chi connectivity index (χ0) is 13.5. The van der Waals surface area contributed by atoms with Gasteiger partial charge in [-0.25, -0.2) is 10.2 Å². The third-order valence-electron chi connectivity index (χ3n) is 1.81. The Balaban J connectivity index is 2.47. The van der Waals surface area contributed by atoms with Crippen LogP contribution in [0.1, 0.15) is 13.8 Å². The predicted octanol–water partition coefficient (Wildman–Crippen LogP) is 1.69. The van der Waals surface area contributed by atoms with E-state index in [4.69, 9.17) is 17.3 Å². The number of hydrogen-bond donors (Lipinski definition) is 4. The fourth-order valence-electron chi connectivity index (χ4n) is 1.11. The maximum atomic E-state index is 11.2. The van der Waals surface area contributed by atoms with Crippen molar-refractivity contribution in [3.05, 3.63) is 29.3 Å². The summed E-state index contributed by atoms with van der Waals surface area (Å²) in [7, 11) is 0. The molecule has 0 fully saturated rings. The second kappa shape index (κ2) is 6.70. The molecule has 0 aliphatic carbocycles. The summed E-state index contributed by atoms with van der Waals surface area (Å²) >= 11 is 5.74. The van der Waals surface area contributed by atoms with Gasteiger partial charge in [-0.3, -0.25) is 0 Å². The molecule has 0 radical (unpaired) electrons. The topological polar surface area (TPSA) is 91.5 Å². The van der Waals surface area contributed by atoms with Gasteiger partial charge in [0.05, 0.1) is 0 Å². The van der Waals surface area contributed by atoms with Crippen molar-refractivity contribution >= 4 is 29.3 Å². The molecule has 1 aromatic rings. The Labute approximate surface area is 111 Å². The number of hydrogen-bond acceptors (Lipinski definition) is 2. The molecule has 0 spiro atoms. The summed E-state index contributed by atoms with van der Waals surface area (Å²) in [6, 6.07) is 6.56. The van der Waals surface area contributed by atoms with Crippen LogP contribution in [0, 0.1) is 0 Å². The normalized spacial score (nSPS) is 11.2. The first-order valence-electron chi connectivity index (χ1n) is 5.39. The molecule has 0 bridgehead atoms. The lowest BCUT2D eigenvalue weighted by molar-refractivity contribution is 0.239. The van der Waals surface area contributed by atoms with Crippen LogP contribution in [0.25, 0.3) is 0 Å². The molecule has 1 rings (SSSR count). The van der Waals surface area contributed by atoms with Gasteiger partial charge in [0, 0.05) is 16.8 Å². The summed E-state index contributed by atoms with van der Waals surface area (Å²) in [5, 5.41) is 9.73. The van der Waals surface area contributed by atoms with Crippen LogP contribution in [0.2, 0.25) is 5.02 Å². The van der Waals surface area contributed by atoms with Gasteiger partial charge in [0.25, 0.3) is 0 Å². The number of urea groups is 1. The molecule has 0 saturated carbocycles. The number of halogens is 1. The molecule has 0 heterocycles. The van der Waals surface area contributed by atoms with Crippen LogP contribution in [0.5, 0.6) is 0 Å². The van der Waals surface area contributed by atoms with Crippen LogP contribution in [0.3, 0.4) is 0 Å². The van der Waals surface area contributed by atoms with Crippen LogP contribution >= 0.6 is 11.6 Å². The molecule has 18 heavy (non-hydrogen) atoms. The van der Waals surface area contributed by atoms with Crippen molar-refractivity contribution in [2.75, 3.05) is 5.32 Å². The zero-order valence-electron chi connectivity index (χ0n) is 10.2. The molecule has 0 aliphatic rings. The Morgan fingerprint density at radius 3 is 2.50 bits per heavy atom. The van der Waals surface area contributed by atoms with Crippen LogP contribution in [0.15, 0.2) is 29.4 Å². The van der Waals surface area contributed by atoms with E-state index in [-0.39, 0.29) is 12.0 Å². The van der Waals surface area contributed by atoms with E-state index < -0.39 is 6.03 Å². The fraction of sp³-hybridized carbons (Fsp3) is 0.273. The van der Waals surface area contributed by atoms with Gasteiger partial charge < -0.3 is 16.4 Å². The molecule has 7 heteroatoms. The highest BCUT2D eigenvalue weighted by Crippen LogP contribution is 2.12. The van der Waals surface area contributed by atoms with Gasteiger partial charge in [-0.2, -0.15) is 0 Å². The van der Waals surface area contributed by atoms with Crippen molar-refractivity contribution in [2.24, 2.45) is 10.8 Å². The molecular formula is C11H16ClN5O. The number of guanidine groups is 1. The number of nitrogens with one attached hydrogen (secondary N) is 3. The predicted molar refractivity (Wildman–Crippen MR) is 73.5 cm³/mol. The van der Waals surface area contributed by atoms with E-state index in [2.05, 4.69) is 21.2 Å². The van der Waals surface area contributed by atoms with Gasteiger partial charge in [-0.05, 0) is 38.1 Å². The molecule has 6 nitrogen and oxygen atoms in total. The summed E-state index contributed by atoms with van der Waals surface area (Å²) in [6.07, 6.45) is 0. The number of rotatable bonds is 3. The van der Waals surface area contributed by atoms with Crippen molar-refractivity contribution in [3.8, 4) is 0 Å². The SMILES string of the molecule is CC(C)NC(=O)NN=C(N)Nc1ccc(Cl)cc1. The monoisotopic (exact) mass is 269 g/mol. The number of benzene rings is 1. The van der Waals surface area contributed by atoms with Crippen LogP contribution in [-0.4, -0.2) is 18.0 Å². The molecule has 0 atom stereocenters. The zero-order valence-corrected chi connectivity index (χ0v) is 11.0. The van der Waals surface area contributed by atoms with E-state index in [1.165, 1.54) is 0 Å². The maximum Gasteiger partial charge on any atom is 0.335 e. The third kappa shape index (κ3) is 5.40. The van der Waals surface area contributed by atoms with E-state index in [9.17, 15) is 4.79 Å². The Kier molecular flexibility index (Phi) is 5.26. The van der Waals surface area contributed by atoms with Crippen molar-refractivity contribution in [2.45, 2.75) is 19.9 Å². The minimum Gasteiger partial charge on any atom is -0.368 e. The molecule has 0 saturated heterocycles. The molecule has 1 aromatic carbocycles. The van der Waals surface area contributed by atoms with Crippen molar-refractivity contribution in [3.63, 3.8) is 0 Å². The number of carbonyl (C=O) groups is 1. The summed E-state index contributed by atoms with van der Waals surface area (Å²) in [5.74, 6) is 0.0798. The van der Waals surface area contributed by atoms with Gasteiger partial charge in [0.15, 0.2) is 0 Å². The Morgan fingerprint density at radius 2 is 1.94 bits per heavy atom. The van der Waals surface area contributed by atoms with Gasteiger partial charge in [0.1, 0.15) is 0 Å². The average molecular weight is 270 g/mol. The molecule has 0 unspecified atom stereocenters. The summed E-state index contributed by atoms with van der Waals surface area (Å²) < 4.78 is 0. The Hall–Kier alpha value is -1.95. The Bertz CT molecular complexity index is 430. The summed E-state index contributed by atoms with van der Waals surface area (Å²) in [4.78, 5) is 11.2. The first kappa shape index (κ1) is 14.1. The van der Waals surface area contributed by atoms with Crippen molar-refractivity contribution < 1.29 is 4.79 Å². The maximum absolute atomic E-state index is 11.2. The van der Waals surface area contributed by atoms with E-state index in [1.54, 1.807) is 24.3 Å². The lowest BCUT2D eigenvalue weighted by Crippen LogP contribution is -2.38. The van der Waals surface area contributed by atoms with Gasteiger partial charge in [0.2, 0.25) is 5.96 Å². The smallest absolute Gasteiger partial charge is 0.335 e. The molecule has 2 amide bonds. The minimum atomic E-state index is -0.411. The van der Waals surface area contributed by atoms with Crippen molar-refractivity contribution in [1.82, 2.24) is 10.7 Å². The van der Waals surface area contributed by atoms with E-state index >= 15 is 0 Å². The highest BCUT2D eigenvalue weighted by molar-refractivity contribution is 6.30. The second-order valence-electron chi connectivity index (χ2n) is 3.87. The standard InChI is InChI=1S/C11H16ClN5O/c1-7(2)14-11(18)17-16-10(13)15-9-5-3-8(12)4-6-9/h3-7H,1-2H3,(H3,13,15,16)(H2,14,17,18). The second-order valence-corrected chi connectivity index (χ2v) is 4.31. The van der Waals surface area contributed by atoms with Crippen LogP contribution in [-0.2, 0) is 0 Å². The highest BCUT2D eigenvalue weighted by Gasteiger charge is 2.01.